The second-order valence-electron chi connectivity index (χ2n) is 4.64. The Morgan fingerprint density at radius 1 is 1.43 bits per heavy atom. The first-order valence-electron chi connectivity index (χ1n) is 5.49. The van der Waals surface area contributed by atoms with E-state index in [1.807, 2.05) is 6.92 Å². The Bertz CT molecular complexity index is 203. The molecule has 1 aliphatic rings. The van der Waals surface area contributed by atoms with Crippen molar-refractivity contribution in [2.24, 2.45) is 5.92 Å². The lowest BCUT2D eigenvalue weighted by atomic mass is 10.1. The third-order valence-electron chi connectivity index (χ3n) is 3.14. The van der Waals surface area contributed by atoms with Gasteiger partial charge in [-0.15, -0.1) is 0 Å². The fraction of sp³-hybridized carbons (Fsp3) is 0.909. The number of carbonyl (C=O) groups excluding carboxylic acids is 1. The largest absolute Gasteiger partial charge is 0.347 e. The smallest absolute Gasteiger partial charge is 0.238 e. The van der Waals surface area contributed by atoms with Crippen LogP contribution in [0.15, 0.2) is 0 Å². The Hall–Kier alpha value is -0.570. The van der Waals surface area contributed by atoms with Crippen LogP contribution in [0.2, 0.25) is 0 Å². The molecule has 3 heteroatoms. The summed E-state index contributed by atoms with van der Waals surface area (Å²) in [4.78, 5) is 13.3. The van der Waals surface area contributed by atoms with Gasteiger partial charge in [0.15, 0.2) is 0 Å². The standard InChI is InChI=1S/C11H22N2O/c1-8-6-5-7-10(8)12-9(2)11(14)13(3)4/h8-10,12H,5-7H2,1-4H3. The number of hydrogen-bond donors (Lipinski definition) is 1. The van der Waals surface area contributed by atoms with Gasteiger partial charge in [-0.2, -0.15) is 0 Å². The molecule has 3 nitrogen and oxygen atoms in total. The first kappa shape index (κ1) is 11.5. The van der Waals surface area contributed by atoms with Crippen LogP contribution in [0.3, 0.4) is 0 Å². The minimum absolute atomic E-state index is 0.0458. The van der Waals surface area contributed by atoms with Crippen molar-refractivity contribution in [2.45, 2.75) is 45.2 Å². The molecule has 1 N–H and O–H groups in total. The Morgan fingerprint density at radius 2 is 2.07 bits per heavy atom. The number of hydrogen-bond acceptors (Lipinski definition) is 2. The molecule has 0 bridgehead atoms. The first-order valence-corrected chi connectivity index (χ1v) is 5.49. The molecule has 0 aromatic heterocycles. The van der Waals surface area contributed by atoms with Crippen molar-refractivity contribution in [3.05, 3.63) is 0 Å². The van der Waals surface area contributed by atoms with Gasteiger partial charge in [0.2, 0.25) is 5.91 Å². The van der Waals surface area contributed by atoms with E-state index in [1.165, 1.54) is 19.3 Å². The summed E-state index contributed by atoms with van der Waals surface area (Å²) in [6.45, 7) is 4.21. The van der Waals surface area contributed by atoms with E-state index < -0.39 is 0 Å². The molecule has 3 atom stereocenters. The zero-order chi connectivity index (χ0) is 10.7. The number of nitrogens with one attached hydrogen (secondary N) is 1. The molecule has 14 heavy (non-hydrogen) atoms. The highest BCUT2D eigenvalue weighted by Crippen LogP contribution is 2.25. The molecule has 0 saturated heterocycles. The molecule has 0 aliphatic heterocycles. The molecule has 1 amide bonds. The van der Waals surface area contributed by atoms with Crippen LogP contribution in [0.25, 0.3) is 0 Å². The summed E-state index contributed by atoms with van der Waals surface area (Å²) in [7, 11) is 3.61. The third-order valence-corrected chi connectivity index (χ3v) is 3.14. The van der Waals surface area contributed by atoms with Crippen molar-refractivity contribution in [1.82, 2.24) is 10.2 Å². The van der Waals surface area contributed by atoms with Gasteiger partial charge in [0, 0.05) is 20.1 Å². The summed E-state index contributed by atoms with van der Waals surface area (Å²) in [5, 5.41) is 3.42. The van der Waals surface area contributed by atoms with E-state index in [1.54, 1.807) is 19.0 Å². The summed E-state index contributed by atoms with van der Waals surface area (Å²) >= 11 is 0. The molecule has 1 saturated carbocycles. The quantitative estimate of drug-likeness (QED) is 0.740. The van der Waals surface area contributed by atoms with Gasteiger partial charge in [-0.3, -0.25) is 4.79 Å². The van der Waals surface area contributed by atoms with Gasteiger partial charge >= 0.3 is 0 Å². The molecule has 0 spiro atoms. The van der Waals surface area contributed by atoms with Gasteiger partial charge in [-0.05, 0) is 25.7 Å². The Morgan fingerprint density at radius 3 is 2.50 bits per heavy atom. The zero-order valence-electron chi connectivity index (χ0n) is 9.71. The SMILES string of the molecule is CC(NC1CCCC1C)C(=O)N(C)C. The number of rotatable bonds is 3. The molecule has 1 rings (SSSR count). The molecule has 0 radical (unpaired) electrons. The maximum absolute atomic E-state index is 11.6. The van der Waals surface area contributed by atoms with E-state index in [4.69, 9.17) is 0 Å². The molecule has 3 unspecified atom stereocenters. The summed E-state index contributed by atoms with van der Waals surface area (Å²) in [6, 6.07) is 0.490. The second kappa shape index (κ2) is 4.78. The maximum atomic E-state index is 11.6. The average molecular weight is 198 g/mol. The van der Waals surface area contributed by atoms with Crippen LogP contribution >= 0.6 is 0 Å². The molecule has 0 heterocycles. The normalized spacial score (nSPS) is 28.9. The molecule has 0 aromatic carbocycles. The minimum Gasteiger partial charge on any atom is -0.347 e. The summed E-state index contributed by atoms with van der Waals surface area (Å²) in [5.41, 5.74) is 0. The number of likely N-dealkylation sites (N-methyl/N-ethyl adjacent to an activating group) is 1. The highest BCUT2D eigenvalue weighted by molar-refractivity contribution is 5.80. The van der Waals surface area contributed by atoms with Crippen LogP contribution in [-0.2, 0) is 4.79 Å². The van der Waals surface area contributed by atoms with Crippen LogP contribution in [0.4, 0.5) is 0 Å². The van der Waals surface area contributed by atoms with Gasteiger partial charge in [0.25, 0.3) is 0 Å². The predicted molar refractivity (Wildman–Crippen MR) is 58.1 cm³/mol. The van der Waals surface area contributed by atoms with E-state index in [0.29, 0.717) is 12.0 Å². The minimum atomic E-state index is -0.0458. The van der Waals surface area contributed by atoms with Crippen molar-refractivity contribution >= 4 is 5.91 Å². The average Bonchev–Trinajstić information content (AvgIpc) is 2.50. The van der Waals surface area contributed by atoms with Gasteiger partial charge in [0.05, 0.1) is 6.04 Å². The summed E-state index contributed by atoms with van der Waals surface area (Å²) < 4.78 is 0. The van der Waals surface area contributed by atoms with Crippen molar-refractivity contribution in [3.63, 3.8) is 0 Å². The molecule has 82 valence electrons. The number of amides is 1. The van der Waals surface area contributed by atoms with Gasteiger partial charge in [-0.1, -0.05) is 13.3 Å². The maximum Gasteiger partial charge on any atom is 0.238 e. The topological polar surface area (TPSA) is 32.3 Å². The van der Waals surface area contributed by atoms with E-state index in [9.17, 15) is 4.79 Å². The number of carbonyl (C=O) groups is 1. The van der Waals surface area contributed by atoms with Gasteiger partial charge in [-0.25, -0.2) is 0 Å². The molecular formula is C11H22N2O. The Labute approximate surface area is 86.9 Å². The van der Waals surface area contributed by atoms with Crippen LogP contribution in [0.5, 0.6) is 0 Å². The van der Waals surface area contributed by atoms with Gasteiger partial charge in [0.1, 0.15) is 0 Å². The molecule has 1 aliphatic carbocycles. The Balaban J connectivity index is 2.39. The van der Waals surface area contributed by atoms with Crippen LogP contribution in [-0.4, -0.2) is 37.0 Å². The molecule has 0 aromatic rings. The lowest BCUT2D eigenvalue weighted by Crippen LogP contribution is -2.46. The van der Waals surface area contributed by atoms with Gasteiger partial charge < -0.3 is 10.2 Å². The summed E-state index contributed by atoms with van der Waals surface area (Å²) in [6.07, 6.45) is 3.80. The van der Waals surface area contributed by atoms with Crippen molar-refractivity contribution in [1.29, 1.82) is 0 Å². The lowest BCUT2D eigenvalue weighted by molar-refractivity contribution is -0.130. The fourth-order valence-electron chi connectivity index (χ4n) is 2.17. The Kier molecular flexibility index (Phi) is 3.93. The van der Waals surface area contributed by atoms with Crippen molar-refractivity contribution < 1.29 is 4.79 Å². The first-order chi connectivity index (χ1) is 6.52. The summed E-state index contributed by atoms with van der Waals surface area (Å²) in [5.74, 6) is 0.886. The fourth-order valence-corrected chi connectivity index (χ4v) is 2.17. The lowest BCUT2D eigenvalue weighted by Gasteiger charge is -2.24. The second-order valence-corrected chi connectivity index (χ2v) is 4.64. The van der Waals surface area contributed by atoms with E-state index >= 15 is 0 Å². The van der Waals surface area contributed by atoms with Crippen molar-refractivity contribution in [2.75, 3.05) is 14.1 Å². The van der Waals surface area contributed by atoms with Crippen LogP contribution in [0, 0.1) is 5.92 Å². The monoisotopic (exact) mass is 198 g/mol. The van der Waals surface area contributed by atoms with E-state index in [0.717, 1.165) is 0 Å². The van der Waals surface area contributed by atoms with Crippen LogP contribution < -0.4 is 5.32 Å². The predicted octanol–water partition coefficient (Wildman–Crippen LogP) is 1.24. The zero-order valence-corrected chi connectivity index (χ0v) is 9.71. The van der Waals surface area contributed by atoms with E-state index in [-0.39, 0.29) is 11.9 Å². The highest BCUT2D eigenvalue weighted by Gasteiger charge is 2.26. The van der Waals surface area contributed by atoms with E-state index in [2.05, 4.69) is 12.2 Å². The molecular weight excluding hydrogens is 176 g/mol. The highest BCUT2D eigenvalue weighted by atomic mass is 16.2. The third kappa shape index (κ3) is 2.71. The molecule has 1 fully saturated rings. The van der Waals surface area contributed by atoms with Crippen LogP contribution in [0.1, 0.15) is 33.1 Å². The van der Waals surface area contributed by atoms with Crippen molar-refractivity contribution in [3.8, 4) is 0 Å². The number of nitrogens with zero attached hydrogens (tertiary/aromatic N) is 1.